The van der Waals surface area contributed by atoms with Crippen LogP contribution >= 0.6 is 0 Å². The highest BCUT2D eigenvalue weighted by molar-refractivity contribution is 4.77. The standard InChI is InChI=1S/C6H13F2N/c1-4(2)5(9)6(3,7)8/h4-5H,9H2,1-3H3/t5-/m0/s1. The summed E-state index contributed by atoms with van der Waals surface area (Å²) in [5, 5.41) is 0. The minimum atomic E-state index is -2.74. The lowest BCUT2D eigenvalue weighted by Crippen LogP contribution is -2.42. The van der Waals surface area contributed by atoms with Crippen molar-refractivity contribution in [2.75, 3.05) is 0 Å². The van der Waals surface area contributed by atoms with Crippen LogP contribution in [0.3, 0.4) is 0 Å². The topological polar surface area (TPSA) is 26.0 Å². The van der Waals surface area contributed by atoms with Gasteiger partial charge in [-0.2, -0.15) is 0 Å². The summed E-state index contributed by atoms with van der Waals surface area (Å²) < 4.78 is 24.5. The van der Waals surface area contributed by atoms with E-state index in [9.17, 15) is 8.78 Å². The zero-order valence-corrected chi connectivity index (χ0v) is 5.99. The number of rotatable bonds is 2. The Morgan fingerprint density at radius 2 is 1.67 bits per heavy atom. The molecule has 0 radical (unpaired) electrons. The van der Waals surface area contributed by atoms with Crippen molar-refractivity contribution >= 4 is 0 Å². The maximum Gasteiger partial charge on any atom is 0.260 e. The first-order valence-electron chi connectivity index (χ1n) is 2.99. The van der Waals surface area contributed by atoms with Crippen molar-refractivity contribution < 1.29 is 8.78 Å². The van der Waals surface area contributed by atoms with Gasteiger partial charge in [-0.15, -0.1) is 0 Å². The number of hydrogen-bond acceptors (Lipinski definition) is 1. The van der Waals surface area contributed by atoms with Gasteiger partial charge in [0.1, 0.15) is 0 Å². The van der Waals surface area contributed by atoms with Gasteiger partial charge in [-0.25, -0.2) is 8.78 Å². The molecule has 0 aliphatic rings. The van der Waals surface area contributed by atoms with Crippen LogP contribution in [-0.2, 0) is 0 Å². The van der Waals surface area contributed by atoms with Gasteiger partial charge in [0.05, 0.1) is 6.04 Å². The molecule has 0 amide bonds. The molecule has 0 aromatic heterocycles. The smallest absolute Gasteiger partial charge is 0.260 e. The molecule has 0 aliphatic heterocycles. The summed E-state index contributed by atoms with van der Waals surface area (Å²) in [6, 6.07) is -1.02. The summed E-state index contributed by atoms with van der Waals surface area (Å²) in [5.41, 5.74) is 5.14. The molecule has 0 bridgehead atoms. The van der Waals surface area contributed by atoms with Crippen LogP contribution in [0.2, 0.25) is 0 Å². The molecule has 0 rings (SSSR count). The van der Waals surface area contributed by atoms with E-state index in [0.29, 0.717) is 0 Å². The second kappa shape index (κ2) is 2.60. The molecule has 0 aromatic carbocycles. The fourth-order valence-electron chi connectivity index (χ4n) is 0.585. The Labute approximate surface area is 54.2 Å². The molecule has 0 saturated heterocycles. The van der Waals surface area contributed by atoms with E-state index >= 15 is 0 Å². The van der Waals surface area contributed by atoms with Crippen molar-refractivity contribution in [2.45, 2.75) is 32.7 Å². The lowest BCUT2D eigenvalue weighted by Gasteiger charge is -2.22. The molecule has 0 unspecified atom stereocenters. The highest BCUT2D eigenvalue weighted by Gasteiger charge is 2.32. The highest BCUT2D eigenvalue weighted by atomic mass is 19.3. The Balaban J connectivity index is 3.88. The molecule has 56 valence electrons. The van der Waals surface area contributed by atoms with Gasteiger partial charge in [0, 0.05) is 6.92 Å². The number of alkyl halides is 2. The molecule has 0 heterocycles. The van der Waals surface area contributed by atoms with Gasteiger partial charge in [0.15, 0.2) is 0 Å². The van der Waals surface area contributed by atoms with Crippen molar-refractivity contribution in [3.8, 4) is 0 Å². The van der Waals surface area contributed by atoms with Crippen LogP contribution in [0.1, 0.15) is 20.8 Å². The van der Waals surface area contributed by atoms with Crippen molar-refractivity contribution in [2.24, 2.45) is 11.7 Å². The predicted molar refractivity (Wildman–Crippen MR) is 33.4 cm³/mol. The van der Waals surface area contributed by atoms with Gasteiger partial charge >= 0.3 is 0 Å². The third kappa shape index (κ3) is 2.75. The van der Waals surface area contributed by atoms with Gasteiger partial charge in [-0.3, -0.25) is 0 Å². The molecule has 1 atom stereocenters. The van der Waals surface area contributed by atoms with E-state index in [0.717, 1.165) is 6.92 Å². The van der Waals surface area contributed by atoms with Crippen molar-refractivity contribution in [3.63, 3.8) is 0 Å². The first-order chi connectivity index (χ1) is 3.85. The lowest BCUT2D eigenvalue weighted by molar-refractivity contribution is -0.0194. The van der Waals surface area contributed by atoms with E-state index in [1.165, 1.54) is 0 Å². The Morgan fingerprint density at radius 1 is 1.33 bits per heavy atom. The summed E-state index contributed by atoms with van der Waals surface area (Å²) in [7, 11) is 0. The first kappa shape index (κ1) is 8.82. The van der Waals surface area contributed by atoms with Crippen LogP contribution < -0.4 is 5.73 Å². The molecule has 1 nitrogen and oxygen atoms in total. The van der Waals surface area contributed by atoms with Crippen LogP contribution in [-0.4, -0.2) is 12.0 Å². The summed E-state index contributed by atoms with van der Waals surface area (Å²) >= 11 is 0. The number of nitrogens with two attached hydrogens (primary N) is 1. The summed E-state index contributed by atoms with van der Waals surface area (Å²) in [6.45, 7) is 4.21. The van der Waals surface area contributed by atoms with E-state index in [1.807, 2.05) is 0 Å². The molecule has 3 heteroatoms. The molecule has 0 saturated carbocycles. The van der Waals surface area contributed by atoms with E-state index < -0.39 is 12.0 Å². The van der Waals surface area contributed by atoms with Crippen LogP contribution in [0.15, 0.2) is 0 Å². The average molecular weight is 137 g/mol. The second-order valence-corrected chi connectivity index (χ2v) is 2.73. The normalized spacial score (nSPS) is 16.3. The molecule has 0 aliphatic carbocycles. The Hall–Kier alpha value is -0.180. The SMILES string of the molecule is CC(C)[C@H](N)C(C)(F)F. The number of hydrogen-bond donors (Lipinski definition) is 1. The van der Waals surface area contributed by atoms with Crippen LogP contribution in [0.25, 0.3) is 0 Å². The monoisotopic (exact) mass is 137 g/mol. The summed E-state index contributed by atoms with van der Waals surface area (Å²) in [4.78, 5) is 0. The second-order valence-electron chi connectivity index (χ2n) is 2.73. The van der Waals surface area contributed by atoms with Crippen molar-refractivity contribution in [1.29, 1.82) is 0 Å². The van der Waals surface area contributed by atoms with Gasteiger partial charge in [0.25, 0.3) is 5.92 Å². The van der Waals surface area contributed by atoms with Gasteiger partial charge in [0.2, 0.25) is 0 Å². The van der Waals surface area contributed by atoms with E-state index in [1.54, 1.807) is 13.8 Å². The largest absolute Gasteiger partial charge is 0.322 e. The fourth-order valence-corrected chi connectivity index (χ4v) is 0.585. The first-order valence-corrected chi connectivity index (χ1v) is 2.99. The average Bonchev–Trinajstić information content (AvgIpc) is 1.62. The molecule has 0 spiro atoms. The Bertz CT molecular complexity index is 85.5. The predicted octanol–water partition coefficient (Wildman–Crippen LogP) is 1.62. The molecular weight excluding hydrogens is 124 g/mol. The lowest BCUT2D eigenvalue weighted by atomic mass is 10.0. The highest BCUT2D eigenvalue weighted by Crippen LogP contribution is 2.20. The zero-order valence-electron chi connectivity index (χ0n) is 5.99. The number of halogens is 2. The molecule has 2 N–H and O–H groups in total. The molecule has 9 heavy (non-hydrogen) atoms. The summed E-state index contributed by atoms with van der Waals surface area (Å²) in [6.07, 6.45) is 0. The zero-order chi connectivity index (χ0) is 7.65. The third-order valence-electron chi connectivity index (χ3n) is 1.30. The third-order valence-corrected chi connectivity index (χ3v) is 1.30. The van der Waals surface area contributed by atoms with Crippen LogP contribution in [0.4, 0.5) is 8.78 Å². The van der Waals surface area contributed by atoms with Gasteiger partial charge < -0.3 is 5.73 Å². The van der Waals surface area contributed by atoms with Crippen LogP contribution in [0.5, 0.6) is 0 Å². The Morgan fingerprint density at radius 3 is 1.67 bits per heavy atom. The maximum atomic E-state index is 12.2. The molecule has 0 aromatic rings. The minimum absolute atomic E-state index is 0.162. The fraction of sp³-hybridized carbons (Fsp3) is 1.00. The maximum absolute atomic E-state index is 12.2. The van der Waals surface area contributed by atoms with Crippen LogP contribution in [0, 0.1) is 5.92 Å². The molecule has 0 fully saturated rings. The summed E-state index contributed by atoms with van der Waals surface area (Å²) in [5.74, 6) is -2.90. The van der Waals surface area contributed by atoms with Crippen molar-refractivity contribution in [1.82, 2.24) is 0 Å². The van der Waals surface area contributed by atoms with Gasteiger partial charge in [-0.05, 0) is 5.92 Å². The van der Waals surface area contributed by atoms with E-state index in [2.05, 4.69) is 0 Å². The Kier molecular flexibility index (Phi) is 2.55. The minimum Gasteiger partial charge on any atom is -0.322 e. The van der Waals surface area contributed by atoms with Crippen molar-refractivity contribution in [3.05, 3.63) is 0 Å². The van der Waals surface area contributed by atoms with E-state index in [4.69, 9.17) is 5.73 Å². The van der Waals surface area contributed by atoms with E-state index in [-0.39, 0.29) is 5.92 Å². The quantitative estimate of drug-likeness (QED) is 0.615. The molecular formula is C6H13F2N. The van der Waals surface area contributed by atoms with Gasteiger partial charge in [-0.1, -0.05) is 13.8 Å².